The Bertz CT molecular complexity index is 437. The number of rotatable bonds is 5. The third-order valence-corrected chi connectivity index (χ3v) is 2.32. The van der Waals surface area contributed by atoms with Gasteiger partial charge in [-0.3, -0.25) is 4.79 Å². The molecule has 19 heavy (non-hydrogen) atoms. The molecule has 0 aliphatic rings. The number of carbonyl (C=O) groups is 2. The fourth-order valence-corrected chi connectivity index (χ4v) is 1.42. The van der Waals surface area contributed by atoms with Crippen LogP contribution in [0.15, 0.2) is 30.3 Å². The molecule has 0 radical (unpaired) electrons. The average molecular weight is 265 g/mol. The molecule has 0 aliphatic heterocycles. The van der Waals surface area contributed by atoms with Crippen LogP contribution in [0, 0.1) is 0 Å². The Kier molecular flexibility index (Phi) is 5.06. The Balaban J connectivity index is 2.65. The SMILES string of the molecule is CC(C)(C)OCC(=O)NC(C(=O)O)c1ccccc1. The molecule has 5 nitrogen and oxygen atoms in total. The number of carboxylic acids is 1. The Morgan fingerprint density at radius 1 is 1.26 bits per heavy atom. The van der Waals surface area contributed by atoms with Gasteiger partial charge in [0.1, 0.15) is 6.61 Å². The molecule has 1 aromatic rings. The van der Waals surface area contributed by atoms with Crippen LogP contribution in [0.1, 0.15) is 32.4 Å². The molecule has 0 fully saturated rings. The van der Waals surface area contributed by atoms with Gasteiger partial charge in [0.2, 0.25) is 5.91 Å². The van der Waals surface area contributed by atoms with E-state index in [1.807, 2.05) is 20.8 Å². The highest BCUT2D eigenvalue weighted by Crippen LogP contribution is 2.13. The standard InChI is InChI=1S/C14H19NO4/c1-14(2,3)19-9-11(16)15-12(13(17)18)10-7-5-4-6-8-10/h4-8,12H,9H2,1-3H3,(H,15,16)(H,17,18). The number of carboxylic acid groups (broad SMARTS) is 1. The van der Waals surface area contributed by atoms with E-state index in [9.17, 15) is 9.59 Å². The molecule has 1 amide bonds. The lowest BCUT2D eigenvalue weighted by molar-refractivity contribution is -0.143. The summed E-state index contributed by atoms with van der Waals surface area (Å²) in [4.78, 5) is 22.9. The van der Waals surface area contributed by atoms with Crippen molar-refractivity contribution in [3.8, 4) is 0 Å². The fraction of sp³-hybridized carbons (Fsp3) is 0.429. The number of aliphatic carboxylic acids is 1. The van der Waals surface area contributed by atoms with Gasteiger partial charge in [0.05, 0.1) is 5.60 Å². The highest BCUT2D eigenvalue weighted by atomic mass is 16.5. The first-order chi connectivity index (χ1) is 8.79. The molecule has 1 rings (SSSR count). The van der Waals surface area contributed by atoms with Crippen LogP contribution in [-0.4, -0.2) is 29.2 Å². The largest absolute Gasteiger partial charge is 0.479 e. The molecule has 5 heteroatoms. The van der Waals surface area contributed by atoms with E-state index in [4.69, 9.17) is 9.84 Å². The van der Waals surface area contributed by atoms with E-state index >= 15 is 0 Å². The zero-order valence-electron chi connectivity index (χ0n) is 11.3. The number of hydrogen-bond donors (Lipinski definition) is 2. The van der Waals surface area contributed by atoms with Crippen molar-refractivity contribution in [2.45, 2.75) is 32.4 Å². The van der Waals surface area contributed by atoms with Crippen LogP contribution < -0.4 is 5.32 Å². The molecule has 0 aliphatic carbocycles. The fourth-order valence-electron chi connectivity index (χ4n) is 1.42. The van der Waals surface area contributed by atoms with Crippen LogP contribution in [0.4, 0.5) is 0 Å². The average Bonchev–Trinajstić information content (AvgIpc) is 2.33. The van der Waals surface area contributed by atoms with Crippen LogP contribution >= 0.6 is 0 Å². The minimum atomic E-state index is -1.10. The van der Waals surface area contributed by atoms with Crippen molar-refractivity contribution in [2.24, 2.45) is 0 Å². The van der Waals surface area contributed by atoms with Gasteiger partial charge in [-0.25, -0.2) is 4.79 Å². The van der Waals surface area contributed by atoms with Gasteiger partial charge in [0.25, 0.3) is 0 Å². The van der Waals surface area contributed by atoms with Crippen molar-refractivity contribution in [3.05, 3.63) is 35.9 Å². The first-order valence-corrected chi connectivity index (χ1v) is 6.00. The normalized spacial score (nSPS) is 12.8. The van der Waals surface area contributed by atoms with Crippen LogP contribution in [0.25, 0.3) is 0 Å². The highest BCUT2D eigenvalue weighted by Gasteiger charge is 2.22. The van der Waals surface area contributed by atoms with Crippen molar-refractivity contribution in [1.29, 1.82) is 0 Å². The number of ether oxygens (including phenoxy) is 1. The molecular weight excluding hydrogens is 246 g/mol. The maximum atomic E-state index is 11.7. The van der Waals surface area contributed by atoms with E-state index in [1.165, 1.54) is 0 Å². The Labute approximate surface area is 112 Å². The molecular formula is C14H19NO4. The first-order valence-electron chi connectivity index (χ1n) is 6.00. The third kappa shape index (κ3) is 5.52. The van der Waals surface area contributed by atoms with Crippen molar-refractivity contribution in [1.82, 2.24) is 5.32 Å². The monoisotopic (exact) mass is 265 g/mol. The van der Waals surface area contributed by atoms with E-state index in [2.05, 4.69) is 5.32 Å². The molecule has 0 saturated heterocycles. The van der Waals surface area contributed by atoms with Gasteiger partial charge in [-0.2, -0.15) is 0 Å². The molecule has 0 aromatic heterocycles. The number of amides is 1. The Morgan fingerprint density at radius 3 is 2.32 bits per heavy atom. The number of benzene rings is 1. The summed E-state index contributed by atoms with van der Waals surface area (Å²) in [5, 5.41) is 11.6. The summed E-state index contributed by atoms with van der Waals surface area (Å²) in [5.74, 6) is -1.55. The van der Waals surface area contributed by atoms with E-state index in [0.29, 0.717) is 5.56 Å². The number of nitrogens with one attached hydrogen (secondary N) is 1. The predicted octanol–water partition coefficient (Wildman–Crippen LogP) is 1.74. The summed E-state index contributed by atoms with van der Waals surface area (Å²) in [6.07, 6.45) is 0. The van der Waals surface area contributed by atoms with Crippen LogP contribution in [0.3, 0.4) is 0 Å². The maximum Gasteiger partial charge on any atom is 0.330 e. The van der Waals surface area contributed by atoms with Gasteiger partial charge in [-0.1, -0.05) is 30.3 Å². The third-order valence-electron chi connectivity index (χ3n) is 2.32. The summed E-state index contributed by atoms with van der Waals surface area (Å²) in [5.41, 5.74) is 0.0853. The summed E-state index contributed by atoms with van der Waals surface area (Å²) >= 11 is 0. The molecule has 1 atom stereocenters. The van der Waals surface area contributed by atoms with Gasteiger partial charge in [0, 0.05) is 0 Å². The molecule has 0 spiro atoms. The molecule has 2 N–H and O–H groups in total. The summed E-state index contributed by atoms with van der Waals surface area (Å²) < 4.78 is 5.30. The lowest BCUT2D eigenvalue weighted by Gasteiger charge is -2.20. The lowest BCUT2D eigenvalue weighted by Crippen LogP contribution is -2.37. The summed E-state index contributed by atoms with van der Waals surface area (Å²) in [6.45, 7) is 5.31. The molecule has 0 heterocycles. The molecule has 1 aromatic carbocycles. The second-order valence-corrected chi connectivity index (χ2v) is 5.15. The predicted molar refractivity (Wildman–Crippen MR) is 70.7 cm³/mol. The molecule has 0 bridgehead atoms. The second-order valence-electron chi connectivity index (χ2n) is 5.15. The quantitative estimate of drug-likeness (QED) is 0.850. The maximum absolute atomic E-state index is 11.7. The van der Waals surface area contributed by atoms with Gasteiger partial charge in [0.15, 0.2) is 6.04 Å². The summed E-state index contributed by atoms with van der Waals surface area (Å²) in [6, 6.07) is 7.49. The van der Waals surface area contributed by atoms with Gasteiger partial charge >= 0.3 is 5.97 Å². The van der Waals surface area contributed by atoms with Crippen molar-refractivity contribution >= 4 is 11.9 Å². The highest BCUT2D eigenvalue weighted by molar-refractivity contribution is 5.85. The second kappa shape index (κ2) is 6.33. The van der Waals surface area contributed by atoms with Gasteiger partial charge in [-0.15, -0.1) is 0 Å². The zero-order valence-corrected chi connectivity index (χ0v) is 11.3. The molecule has 0 saturated carbocycles. The van der Waals surface area contributed by atoms with Gasteiger partial charge < -0.3 is 15.2 Å². The minimum Gasteiger partial charge on any atom is -0.479 e. The van der Waals surface area contributed by atoms with E-state index in [1.54, 1.807) is 30.3 Å². The zero-order chi connectivity index (χ0) is 14.5. The van der Waals surface area contributed by atoms with Crippen molar-refractivity contribution in [3.63, 3.8) is 0 Å². The lowest BCUT2D eigenvalue weighted by atomic mass is 10.1. The van der Waals surface area contributed by atoms with E-state index in [-0.39, 0.29) is 6.61 Å². The molecule has 1 unspecified atom stereocenters. The van der Waals surface area contributed by atoms with Gasteiger partial charge in [-0.05, 0) is 26.3 Å². The van der Waals surface area contributed by atoms with Crippen LogP contribution in [0.2, 0.25) is 0 Å². The van der Waals surface area contributed by atoms with Crippen LogP contribution in [-0.2, 0) is 14.3 Å². The topological polar surface area (TPSA) is 75.6 Å². The van der Waals surface area contributed by atoms with Crippen LogP contribution in [0.5, 0.6) is 0 Å². The number of hydrogen-bond acceptors (Lipinski definition) is 3. The smallest absolute Gasteiger partial charge is 0.330 e. The number of carbonyl (C=O) groups excluding carboxylic acids is 1. The van der Waals surface area contributed by atoms with Crippen molar-refractivity contribution < 1.29 is 19.4 Å². The van der Waals surface area contributed by atoms with Crippen molar-refractivity contribution in [2.75, 3.05) is 6.61 Å². The summed E-state index contributed by atoms with van der Waals surface area (Å²) in [7, 11) is 0. The Morgan fingerprint density at radius 2 is 1.84 bits per heavy atom. The Hall–Kier alpha value is -1.88. The minimum absolute atomic E-state index is 0.167. The molecule has 104 valence electrons. The first kappa shape index (κ1) is 15.2. The van der Waals surface area contributed by atoms with E-state index in [0.717, 1.165) is 0 Å². The van der Waals surface area contributed by atoms with E-state index < -0.39 is 23.5 Å².